The predicted octanol–water partition coefficient (Wildman–Crippen LogP) is 3.25. The lowest BCUT2D eigenvalue weighted by atomic mass is 10.1. The van der Waals surface area contributed by atoms with Crippen molar-refractivity contribution in [3.63, 3.8) is 0 Å². The highest BCUT2D eigenvalue weighted by Crippen LogP contribution is 2.32. The third kappa shape index (κ3) is 3.71. The molecule has 3 heterocycles. The Bertz CT molecular complexity index is 825. The van der Waals surface area contributed by atoms with Crippen LogP contribution in [0.1, 0.15) is 11.1 Å². The molecule has 25 heavy (non-hydrogen) atoms. The minimum absolute atomic E-state index is 0.301. The lowest BCUT2D eigenvalue weighted by Gasteiger charge is -2.23. The molecule has 0 bridgehead atoms. The van der Waals surface area contributed by atoms with Crippen molar-refractivity contribution < 1.29 is 9.47 Å². The van der Waals surface area contributed by atoms with Gasteiger partial charge in [-0.1, -0.05) is 6.07 Å². The van der Waals surface area contributed by atoms with Gasteiger partial charge in [-0.3, -0.25) is 4.98 Å². The minimum Gasteiger partial charge on any atom is -0.454 e. The molecule has 0 fully saturated rings. The highest BCUT2D eigenvalue weighted by Gasteiger charge is 2.14. The van der Waals surface area contributed by atoms with E-state index in [1.807, 2.05) is 42.7 Å². The van der Waals surface area contributed by atoms with Gasteiger partial charge in [-0.2, -0.15) is 0 Å². The van der Waals surface area contributed by atoms with E-state index in [0.29, 0.717) is 6.79 Å². The van der Waals surface area contributed by atoms with Crippen molar-refractivity contribution in [3.05, 3.63) is 78.2 Å². The summed E-state index contributed by atoms with van der Waals surface area (Å²) >= 11 is 0. The molecule has 0 amide bonds. The zero-order valence-corrected chi connectivity index (χ0v) is 13.8. The fourth-order valence-corrected chi connectivity index (χ4v) is 2.82. The van der Waals surface area contributed by atoms with Crippen molar-refractivity contribution in [2.24, 2.45) is 0 Å². The monoisotopic (exact) mass is 332 g/mol. The topological polar surface area (TPSA) is 47.5 Å². The maximum Gasteiger partial charge on any atom is 0.231 e. The second kappa shape index (κ2) is 7.21. The SMILES string of the molecule is [c]1cccnc1N(CCc1ccc2c(c1)OCO2)Cc1ccncc1. The Morgan fingerprint density at radius 2 is 1.88 bits per heavy atom. The van der Waals surface area contributed by atoms with E-state index in [1.165, 1.54) is 11.1 Å². The van der Waals surface area contributed by atoms with Gasteiger partial charge in [-0.15, -0.1) is 0 Å². The number of pyridine rings is 2. The number of hydrogen-bond acceptors (Lipinski definition) is 5. The molecule has 2 aromatic heterocycles. The molecule has 4 rings (SSSR count). The summed E-state index contributed by atoms with van der Waals surface area (Å²) in [6.07, 6.45) is 6.30. The number of hydrogen-bond donors (Lipinski definition) is 0. The van der Waals surface area contributed by atoms with Crippen LogP contribution < -0.4 is 14.4 Å². The zero-order valence-electron chi connectivity index (χ0n) is 13.8. The van der Waals surface area contributed by atoms with Gasteiger partial charge >= 0.3 is 0 Å². The summed E-state index contributed by atoms with van der Waals surface area (Å²) in [7, 11) is 0. The molecule has 1 aromatic carbocycles. The number of rotatable bonds is 6. The first kappa shape index (κ1) is 15.4. The highest BCUT2D eigenvalue weighted by atomic mass is 16.7. The summed E-state index contributed by atoms with van der Waals surface area (Å²) in [6.45, 7) is 1.89. The van der Waals surface area contributed by atoms with Gasteiger partial charge in [-0.25, -0.2) is 4.98 Å². The minimum atomic E-state index is 0.301. The van der Waals surface area contributed by atoms with Crippen LogP contribution in [0.2, 0.25) is 0 Å². The standard InChI is InChI=1S/C20H18N3O2/c1-2-9-22-20(3-1)23(14-17-6-10-21-11-7-17)12-8-16-4-5-18-19(13-16)25-15-24-18/h1-2,4-7,9-11,13H,8,12,14-15H2. The lowest BCUT2D eigenvalue weighted by molar-refractivity contribution is 0.174. The summed E-state index contributed by atoms with van der Waals surface area (Å²) in [5.74, 6) is 2.48. The van der Waals surface area contributed by atoms with Gasteiger partial charge in [-0.05, 0) is 53.9 Å². The van der Waals surface area contributed by atoms with E-state index < -0.39 is 0 Å². The number of benzene rings is 1. The Morgan fingerprint density at radius 3 is 2.72 bits per heavy atom. The molecule has 0 saturated carbocycles. The molecule has 0 spiro atoms. The van der Waals surface area contributed by atoms with E-state index in [-0.39, 0.29) is 0 Å². The van der Waals surface area contributed by atoms with E-state index in [9.17, 15) is 0 Å². The number of fused-ring (bicyclic) bond motifs is 1. The average Bonchev–Trinajstić information content (AvgIpc) is 3.14. The van der Waals surface area contributed by atoms with Gasteiger partial charge < -0.3 is 14.4 Å². The van der Waals surface area contributed by atoms with Crippen molar-refractivity contribution in [2.45, 2.75) is 13.0 Å². The van der Waals surface area contributed by atoms with Crippen molar-refractivity contribution in [1.29, 1.82) is 0 Å². The second-order valence-corrected chi connectivity index (χ2v) is 5.82. The third-order valence-electron chi connectivity index (χ3n) is 4.12. The molecular weight excluding hydrogens is 314 g/mol. The Labute approximate surface area is 146 Å². The Kier molecular flexibility index (Phi) is 4.46. The first-order chi connectivity index (χ1) is 12.4. The first-order valence-corrected chi connectivity index (χ1v) is 8.23. The molecule has 1 aliphatic heterocycles. The fourth-order valence-electron chi connectivity index (χ4n) is 2.82. The maximum absolute atomic E-state index is 5.46. The summed E-state index contributed by atoms with van der Waals surface area (Å²) < 4.78 is 10.8. The Balaban J connectivity index is 1.50. The maximum atomic E-state index is 5.46. The van der Waals surface area contributed by atoms with Crippen molar-refractivity contribution in [2.75, 3.05) is 18.2 Å². The second-order valence-electron chi connectivity index (χ2n) is 5.82. The molecular formula is C20H18N3O2. The van der Waals surface area contributed by atoms with Gasteiger partial charge in [0.05, 0.1) is 0 Å². The largest absolute Gasteiger partial charge is 0.454 e. The van der Waals surface area contributed by atoms with Crippen LogP contribution in [0.4, 0.5) is 5.82 Å². The molecule has 125 valence electrons. The van der Waals surface area contributed by atoms with E-state index in [2.05, 4.69) is 33.1 Å². The van der Waals surface area contributed by atoms with Crippen LogP contribution in [-0.4, -0.2) is 23.3 Å². The number of ether oxygens (including phenoxy) is 2. The van der Waals surface area contributed by atoms with Crippen molar-refractivity contribution >= 4 is 5.82 Å². The van der Waals surface area contributed by atoms with Crippen LogP contribution in [0.3, 0.4) is 0 Å². The van der Waals surface area contributed by atoms with Gasteiger partial charge in [0.2, 0.25) is 6.79 Å². The lowest BCUT2D eigenvalue weighted by Crippen LogP contribution is -2.26. The van der Waals surface area contributed by atoms with E-state index in [0.717, 1.165) is 36.8 Å². The number of anilines is 1. The van der Waals surface area contributed by atoms with E-state index in [4.69, 9.17) is 9.47 Å². The Morgan fingerprint density at radius 1 is 1.00 bits per heavy atom. The quantitative estimate of drug-likeness (QED) is 0.693. The smallest absolute Gasteiger partial charge is 0.231 e. The highest BCUT2D eigenvalue weighted by molar-refractivity contribution is 5.45. The molecule has 0 N–H and O–H groups in total. The molecule has 5 heteroatoms. The molecule has 3 aromatic rings. The van der Waals surface area contributed by atoms with Crippen LogP contribution in [0.25, 0.3) is 0 Å². The number of aromatic nitrogens is 2. The van der Waals surface area contributed by atoms with E-state index >= 15 is 0 Å². The van der Waals surface area contributed by atoms with Crippen LogP contribution in [0.5, 0.6) is 11.5 Å². The zero-order chi connectivity index (χ0) is 16.9. The van der Waals surface area contributed by atoms with Crippen LogP contribution in [0.15, 0.2) is 61.1 Å². The van der Waals surface area contributed by atoms with Gasteiger partial charge in [0.25, 0.3) is 0 Å². The first-order valence-electron chi connectivity index (χ1n) is 8.23. The molecule has 0 aliphatic carbocycles. The van der Waals surface area contributed by atoms with Crippen LogP contribution >= 0.6 is 0 Å². The average molecular weight is 332 g/mol. The van der Waals surface area contributed by atoms with Crippen LogP contribution in [0, 0.1) is 6.07 Å². The number of nitrogens with zero attached hydrogens (tertiary/aromatic N) is 3. The van der Waals surface area contributed by atoms with Gasteiger partial charge in [0, 0.05) is 37.7 Å². The Hall–Kier alpha value is -3.08. The van der Waals surface area contributed by atoms with Gasteiger partial charge in [0.1, 0.15) is 5.82 Å². The predicted molar refractivity (Wildman–Crippen MR) is 94.6 cm³/mol. The van der Waals surface area contributed by atoms with Gasteiger partial charge in [0.15, 0.2) is 11.5 Å². The molecule has 1 radical (unpaired) electrons. The molecule has 0 saturated heterocycles. The summed E-state index contributed by atoms with van der Waals surface area (Å²) in [5.41, 5.74) is 2.40. The summed E-state index contributed by atoms with van der Waals surface area (Å²) in [6, 6.07) is 17.1. The molecule has 0 atom stereocenters. The summed E-state index contributed by atoms with van der Waals surface area (Å²) in [5, 5.41) is 0. The van der Waals surface area contributed by atoms with E-state index in [1.54, 1.807) is 6.20 Å². The third-order valence-corrected chi connectivity index (χ3v) is 4.12. The normalized spacial score (nSPS) is 12.2. The molecule has 5 nitrogen and oxygen atoms in total. The van der Waals surface area contributed by atoms with Crippen molar-refractivity contribution in [1.82, 2.24) is 9.97 Å². The van der Waals surface area contributed by atoms with Crippen LogP contribution in [-0.2, 0) is 13.0 Å². The molecule has 1 aliphatic rings. The summed E-state index contributed by atoms with van der Waals surface area (Å²) in [4.78, 5) is 10.8. The van der Waals surface area contributed by atoms with Crippen molar-refractivity contribution in [3.8, 4) is 11.5 Å². The fraction of sp³-hybridized carbons (Fsp3) is 0.200. The molecule has 0 unspecified atom stereocenters.